The van der Waals surface area contributed by atoms with Gasteiger partial charge < -0.3 is 0 Å². The Bertz CT molecular complexity index is 426. The first-order valence-electron chi connectivity index (χ1n) is 7.16. The third-order valence-electron chi connectivity index (χ3n) is 3.00. The maximum absolute atomic E-state index is 11.6. The van der Waals surface area contributed by atoms with Crippen LogP contribution in [0.4, 0.5) is 0 Å². The molecule has 1 aromatic carbocycles. The molecule has 0 aliphatic heterocycles. The molecule has 0 atom stereocenters. The van der Waals surface area contributed by atoms with E-state index in [1.807, 2.05) is 31.2 Å². The molecule has 0 aliphatic carbocycles. The van der Waals surface area contributed by atoms with Crippen LogP contribution in [0.1, 0.15) is 51.5 Å². The lowest BCUT2D eigenvalue weighted by molar-refractivity contribution is -0.114. The fraction of sp³-hybridized carbons (Fsp3) is 0.389. The highest BCUT2D eigenvalue weighted by atomic mass is 16.1. The van der Waals surface area contributed by atoms with E-state index in [1.54, 1.807) is 6.08 Å². The van der Waals surface area contributed by atoms with Crippen molar-refractivity contribution in [2.45, 2.75) is 46.0 Å². The number of allylic oxidation sites excluding steroid dienone is 3. The van der Waals surface area contributed by atoms with Gasteiger partial charge in [-0.05, 0) is 25.0 Å². The normalized spacial score (nSPS) is 12.0. The van der Waals surface area contributed by atoms with Crippen molar-refractivity contribution in [3.05, 3.63) is 53.6 Å². The molecule has 0 saturated carbocycles. The number of carbonyl (C=O) groups is 1. The van der Waals surface area contributed by atoms with Crippen LogP contribution in [-0.4, -0.2) is 5.78 Å². The Morgan fingerprint density at radius 2 is 1.79 bits per heavy atom. The van der Waals surface area contributed by atoms with Crippen LogP contribution in [0.2, 0.25) is 0 Å². The molecule has 0 heterocycles. The molecule has 0 spiro atoms. The summed E-state index contributed by atoms with van der Waals surface area (Å²) in [5.41, 5.74) is 2.27. The number of unbranched alkanes of at least 4 members (excludes halogenated alkanes) is 3. The fourth-order valence-electron chi connectivity index (χ4n) is 1.89. The Balaban J connectivity index is 2.39. The summed E-state index contributed by atoms with van der Waals surface area (Å²) in [6, 6.07) is 10.2. The van der Waals surface area contributed by atoms with Gasteiger partial charge in [-0.1, -0.05) is 74.2 Å². The van der Waals surface area contributed by atoms with Gasteiger partial charge in [0.25, 0.3) is 0 Å². The lowest BCUT2D eigenvalue weighted by Crippen LogP contribution is -1.92. The highest BCUT2D eigenvalue weighted by Crippen LogP contribution is 2.08. The summed E-state index contributed by atoms with van der Waals surface area (Å²) in [7, 11) is 0. The summed E-state index contributed by atoms with van der Waals surface area (Å²) in [5.74, 6) is 0.233. The maximum Gasteiger partial charge on any atom is 0.155 e. The SMILES string of the molecule is CCCCCCC(=O)/C=C\C(C)=C\c1ccccc1. The fourth-order valence-corrected chi connectivity index (χ4v) is 1.89. The first-order chi connectivity index (χ1) is 9.22. The number of hydrogen-bond donors (Lipinski definition) is 0. The molecule has 0 bridgehead atoms. The lowest BCUT2D eigenvalue weighted by atomic mass is 10.1. The first kappa shape index (κ1) is 15.4. The van der Waals surface area contributed by atoms with Crippen molar-refractivity contribution >= 4 is 11.9 Å². The van der Waals surface area contributed by atoms with Crippen LogP contribution in [-0.2, 0) is 4.79 Å². The van der Waals surface area contributed by atoms with Gasteiger partial charge in [0.05, 0.1) is 0 Å². The zero-order valence-electron chi connectivity index (χ0n) is 12.1. The van der Waals surface area contributed by atoms with Gasteiger partial charge in [0.1, 0.15) is 0 Å². The van der Waals surface area contributed by atoms with Gasteiger partial charge in [-0.2, -0.15) is 0 Å². The summed E-state index contributed by atoms with van der Waals surface area (Å²) in [5, 5.41) is 0. The van der Waals surface area contributed by atoms with E-state index in [4.69, 9.17) is 0 Å². The average Bonchev–Trinajstić information content (AvgIpc) is 2.42. The Morgan fingerprint density at radius 1 is 1.05 bits per heavy atom. The Hall–Kier alpha value is -1.63. The molecule has 0 radical (unpaired) electrons. The van der Waals surface area contributed by atoms with E-state index in [0.717, 1.165) is 18.4 Å². The molecule has 0 N–H and O–H groups in total. The zero-order valence-corrected chi connectivity index (χ0v) is 12.1. The van der Waals surface area contributed by atoms with Gasteiger partial charge in [0.15, 0.2) is 5.78 Å². The zero-order chi connectivity index (χ0) is 13.9. The molecule has 1 rings (SSSR count). The number of carbonyl (C=O) groups excluding carboxylic acids is 1. The predicted octanol–water partition coefficient (Wildman–Crippen LogP) is 5.19. The van der Waals surface area contributed by atoms with Crippen LogP contribution in [0.5, 0.6) is 0 Å². The highest BCUT2D eigenvalue weighted by molar-refractivity contribution is 5.90. The van der Waals surface area contributed by atoms with E-state index in [-0.39, 0.29) is 5.78 Å². The lowest BCUT2D eigenvalue weighted by Gasteiger charge is -1.97. The predicted molar refractivity (Wildman–Crippen MR) is 83.0 cm³/mol. The van der Waals surface area contributed by atoms with Crippen molar-refractivity contribution in [2.75, 3.05) is 0 Å². The minimum absolute atomic E-state index is 0.233. The number of rotatable bonds is 8. The van der Waals surface area contributed by atoms with Gasteiger partial charge >= 0.3 is 0 Å². The molecule has 0 unspecified atom stereocenters. The van der Waals surface area contributed by atoms with E-state index < -0.39 is 0 Å². The summed E-state index contributed by atoms with van der Waals surface area (Å²) < 4.78 is 0. The number of benzene rings is 1. The van der Waals surface area contributed by atoms with Crippen molar-refractivity contribution in [1.82, 2.24) is 0 Å². The van der Waals surface area contributed by atoms with Crippen LogP contribution >= 0.6 is 0 Å². The second-order valence-electron chi connectivity index (χ2n) is 4.91. The molecule has 0 aliphatic rings. The summed E-state index contributed by atoms with van der Waals surface area (Å²) >= 11 is 0. The van der Waals surface area contributed by atoms with E-state index in [0.29, 0.717) is 6.42 Å². The monoisotopic (exact) mass is 256 g/mol. The van der Waals surface area contributed by atoms with Crippen molar-refractivity contribution in [3.8, 4) is 0 Å². The van der Waals surface area contributed by atoms with Crippen LogP contribution in [0.15, 0.2) is 48.1 Å². The molecule has 19 heavy (non-hydrogen) atoms. The van der Waals surface area contributed by atoms with Crippen molar-refractivity contribution in [3.63, 3.8) is 0 Å². The Kier molecular flexibility index (Phi) is 7.57. The van der Waals surface area contributed by atoms with Gasteiger partial charge in [0.2, 0.25) is 0 Å². The van der Waals surface area contributed by atoms with Crippen LogP contribution < -0.4 is 0 Å². The quantitative estimate of drug-likeness (QED) is 0.355. The highest BCUT2D eigenvalue weighted by Gasteiger charge is 1.96. The first-order valence-corrected chi connectivity index (χ1v) is 7.16. The number of ketones is 1. The minimum atomic E-state index is 0.233. The van der Waals surface area contributed by atoms with Crippen LogP contribution in [0, 0.1) is 0 Å². The number of hydrogen-bond acceptors (Lipinski definition) is 1. The van der Waals surface area contributed by atoms with Gasteiger partial charge in [-0.25, -0.2) is 0 Å². The summed E-state index contributed by atoms with van der Waals surface area (Å²) in [6.45, 7) is 4.20. The van der Waals surface area contributed by atoms with Crippen molar-refractivity contribution in [1.29, 1.82) is 0 Å². The van der Waals surface area contributed by atoms with E-state index in [2.05, 4.69) is 25.1 Å². The van der Waals surface area contributed by atoms with Crippen molar-refractivity contribution < 1.29 is 4.79 Å². The molecule has 1 nitrogen and oxygen atoms in total. The average molecular weight is 256 g/mol. The second-order valence-corrected chi connectivity index (χ2v) is 4.91. The second kappa shape index (κ2) is 9.32. The van der Waals surface area contributed by atoms with Gasteiger partial charge in [0, 0.05) is 6.42 Å². The smallest absolute Gasteiger partial charge is 0.155 e. The van der Waals surface area contributed by atoms with E-state index in [1.165, 1.54) is 18.4 Å². The summed E-state index contributed by atoms with van der Waals surface area (Å²) in [6.07, 6.45) is 11.0. The van der Waals surface area contributed by atoms with Crippen LogP contribution in [0.3, 0.4) is 0 Å². The largest absolute Gasteiger partial charge is 0.295 e. The molecule has 0 saturated heterocycles. The van der Waals surface area contributed by atoms with Crippen molar-refractivity contribution in [2.24, 2.45) is 0 Å². The molecule has 1 heteroatoms. The molecular weight excluding hydrogens is 232 g/mol. The van der Waals surface area contributed by atoms with Gasteiger partial charge in [-0.3, -0.25) is 4.79 Å². The molecule has 1 aromatic rings. The molecule has 0 aromatic heterocycles. The molecule has 102 valence electrons. The third-order valence-corrected chi connectivity index (χ3v) is 3.00. The standard InChI is InChI=1S/C18H24O/c1-3-4-5-9-12-18(19)14-13-16(2)15-17-10-7-6-8-11-17/h6-8,10-11,13-15H,3-5,9,12H2,1-2H3/b14-13-,16-15+. The third kappa shape index (κ3) is 7.40. The minimum Gasteiger partial charge on any atom is -0.295 e. The topological polar surface area (TPSA) is 17.1 Å². The summed E-state index contributed by atoms with van der Waals surface area (Å²) in [4.78, 5) is 11.6. The molecular formula is C18H24O. The van der Waals surface area contributed by atoms with E-state index in [9.17, 15) is 4.79 Å². The Morgan fingerprint density at radius 3 is 2.47 bits per heavy atom. The van der Waals surface area contributed by atoms with E-state index >= 15 is 0 Å². The maximum atomic E-state index is 11.6. The molecule has 0 amide bonds. The molecule has 0 fully saturated rings. The van der Waals surface area contributed by atoms with Crippen LogP contribution in [0.25, 0.3) is 6.08 Å². The Labute approximate surface area is 117 Å². The van der Waals surface area contributed by atoms with Gasteiger partial charge in [-0.15, -0.1) is 0 Å².